The lowest BCUT2D eigenvalue weighted by Crippen LogP contribution is -2.43. The third-order valence-electron chi connectivity index (χ3n) is 3.55. The van der Waals surface area contributed by atoms with Gasteiger partial charge in [-0.1, -0.05) is 19.1 Å². The molecule has 0 bridgehead atoms. The van der Waals surface area contributed by atoms with Gasteiger partial charge in [0.25, 0.3) is 0 Å². The lowest BCUT2D eigenvalue weighted by atomic mass is 10.0. The SMILES string of the molecule is CC[C@@H](N)c1ccc(N2CCSC(C)(C)C2)cc1. The molecule has 3 heteroatoms. The molecule has 18 heavy (non-hydrogen) atoms. The van der Waals surface area contributed by atoms with Gasteiger partial charge in [-0.3, -0.25) is 0 Å². The number of hydrogen-bond acceptors (Lipinski definition) is 3. The van der Waals surface area contributed by atoms with Crippen molar-refractivity contribution in [2.75, 3.05) is 23.7 Å². The molecule has 1 aromatic rings. The molecule has 0 unspecified atom stereocenters. The Balaban J connectivity index is 2.09. The molecule has 0 spiro atoms. The number of anilines is 1. The summed E-state index contributed by atoms with van der Waals surface area (Å²) in [6, 6.07) is 8.97. The standard InChI is InChI=1S/C15H24N2S/c1-4-14(16)12-5-7-13(8-6-12)17-9-10-18-15(2,3)11-17/h5-8,14H,4,9-11,16H2,1-3H3/t14-/m1/s1. The molecule has 2 rings (SSSR count). The molecule has 2 nitrogen and oxygen atoms in total. The quantitative estimate of drug-likeness (QED) is 0.907. The van der Waals surface area contributed by atoms with Gasteiger partial charge in [-0.25, -0.2) is 0 Å². The highest BCUT2D eigenvalue weighted by Gasteiger charge is 2.27. The Bertz CT molecular complexity index is 386. The lowest BCUT2D eigenvalue weighted by molar-refractivity contribution is 0.647. The van der Waals surface area contributed by atoms with E-state index in [1.54, 1.807) is 0 Å². The zero-order valence-corrected chi connectivity index (χ0v) is 12.5. The zero-order chi connectivity index (χ0) is 13.2. The molecule has 1 heterocycles. The summed E-state index contributed by atoms with van der Waals surface area (Å²) in [5.41, 5.74) is 8.62. The van der Waals surface area contributed by atoms with Crippen LogP contribution in [0.1, 0.15) is 38.8 Å². The molecule has 0 amide bonds. The number of nitrogens with zero attached hydrogens (tertiary/aromatic N) is 1. The Hall–Kier alpha value is -0.670. The summed E-state index contributed by atoms with van der Waals surface area (Å²) in [6.45, 7) is 9.05. The molecular weight excluding hydrogens is 240 g/mol. The third-order valence-corrected chi connectivity index (χ3v) is 4.85. The molecule has 1 aromatic carbocycles. The van der Waals surface area contributed by atoms with Crippen LogP contribution in [0, 0.1) is 0 Å². The van der Waals surface area contributed by atoms with Gasteiger partial charge in [0.2, 0.25) is 0 Å². The number of rotatable bonds is 3. The van der Waals surface area contributed by atoms with Crippen LogP contribution in [0.3, 0.4) is 0 Å². The molecule has 100 valence electrons. The van der Waals surface area contributed by atoms with Crippen LogP contribution in [-0.2, 0) is 0 Å². The van der Waals surface area contributed by atoms with Gasteiger partial charge < -0.3 is 10.6 Å². The second-order valence-electron chi connectivity index (χ2n) is 5.64. The summed E-state index contributed by atoms with van der Waals surface area (Å²) in [7, 11) is 0. The van der Waals surface area contributed by atoms with E-state index in [1.165, 1.54) is 17.0 Å². The molecular formula is C15H24N2S. The monoisotopic (exact) mass is 264 g/mol. The summed E-state index contributed by atoms with van der Waals surface area (Å²) in [5, 5.41) is 0. The normalized spacial score (nSPS) is 20.8. The Kier molecular flexibility index (Phi) is 4.23. The van der Waals surface area contributed by atoms with Gasteiger partial charge in [-0.15, -0.1) is 0 Å². The van der Waals surface area contributed by atoms with E-state index in [1.807, 2.05) is 0 Å². The molecule has 1 saturated heterocycles. The second-order valence-corrected chi connectivity index (χ2v) is 7.44. The summed E-state index contributed by atoms with van der Waals surface area (Å²) in [6.07, 6.45) is 0.993. The Morgan fingerprint density at radius 1 is 1.33 bits per heavy atom. The fourth-order valence-electron chi connectivity index (χ4n) is 2.40. The molecule has 0 radical (unpaired) electrons. The van der Waals surface area contributed by atoms with Crippen LogP contribution < -0.4 is 10.6 Å². The maximum Gasteiger partial charge on any atom is 0.0367 e. The average molecular weight is 264 g/mol. The summed E-state index contributed by atoms with van der Waals surface area (Å²) in [4.78, 5) is 2.48. The van der Waals surface area contributed by atoms with Gasteiger partial charge in [0, 0.05) is 35.3 Å². The minimum absolute atomic E-state index is 0.174. The van der Waals surface area contributed by atoms with Crippen molar-refractivity contribution in [3.8, 4) is 0 Å². The van der Waals surface area contributed by atoms with Crippen LogP contribution in [0.4, 0.5) is 5.69 Å². The first kappa shape index (κ1) is 13.8. The average Bonchev–Trinajstić information content (AvgIpc) is 2.37. The summed E-state index contributed by atoms with van der Waals surface area (Å²) in [5.74, 6) is 1.21. The second kappa shape index (κ2) is 5.54. The Morgan fingerprint density at radius 3 is 2.56 bits per heavy atom. The first-order valence-electron chi connectivity index (χ1n) is 6.76. The van der Waals surface area contributed by atoms with Crippen LogP contribution >= 0.6 is 11.8 Å². The predicted octanol–water partition coefficient (Wildman–Crippen LogP) is 3.43. The highest BCUT2D eigenvalue weighted by Crippen LogP contribution is 2.32. The van der Waals surface area contributed by atoms with Crippen molar-refractivity contribution in [1.82, 2.24) is 0 Å². The summed E-state index contributed by atoms with van der Waals surface area (Å²) < 4.78 is 0.358. The van der Waals surface area contributed by atoms with Crippen molar-refractivity contribution in [2.24, 2.45) is 5.73 Å². The van der Waals surface area contributed by atoms with E-state index in [2.05, 4.69) is 61.7 Å². The van der Waals surface area contributed by atoms with Crippen molar-refractivity contribution < 1.29 is 0 Å². The smallest absolute Gasteiger partial charge is 0.0367 e. The predicted molar refractivity (Wildman–Crippen MR) is 82.4 cm³/mol. The van der Waals surface area contributed by atoms with Gasteiger partial charge >= 0.3 is 0 Å². The van der Waals surface area contributed by atoms with Crippen molar-refractivity contribution in [2.45, 2.75) is 38.0 Å². The van der Waals surface area contributed by atoms with E-state index in [4.69, 9.17) is 5.73 Å². The van der Waals surface area contributed by atoms with E-state index < -0.39 is 0 Å². The van der Waals surface area contributed by atoms with Gasteiger partial charge in [-0.2, -0.15) is 11.8 Å². The molecule has 0 aromatic heterocycles. The highest BCUT2D eigenvalue weighted by atomic mass is 32.2. The maximum atomic E-state index is 6.05. The van der Waals surface area contributed by atoms with E-state index in [-0.39, 0.29) is 6.04 Å². The van der Waals surface area contributed by atoms with Gasteiger partial charge in [0.05, 0.1) is 0 Å². The molecule has 1 aliphatic heterocycles. The molecule has 1 aliphatic rings. The largest absolute Gasteiger partial charge is 0.369 e. The van der Waals surface area contributed by atoms with Gasteiger partial charge in [0.1, 0.15) is 0 Å². The van der Waals surface area contributed by atoms with Crippen LogP contribution in [0.25, 0.3) is 0 Å². The molecule has 1 fully saturated rings. The topological polar surface area (TPSA) is 29.3 Å². The van der Waals surface area contributed by atoms with Crippen LogP contribution in [0.2, 0.25) is 0 Å². The van der Waals surface area contributed by atoms with Crippen molar-refractivity contribution in [3.05, 3.63) is 29.8 Å². The molecule has 2 N–H and O–H groups in total. The minimum Gasteiger partial charge on any atom is -0.369 e. The molecule has 1 atom stereocenters. The van der Waals surface area contributed by atoms with E-state index in [0.29, 0.717) is 4.75 Å². The fourth-order valence-corrected chi connectivity index (χ4v) is 3.52. The number of hydrogen-bond donors (Lipinski definition) is 1. The van der Waals surface area contributed by atoms with Crippen LogP contribution in [0.15, 0.2) is 24.3 Å². The van der Waals surface area contributed by atoms with E-state index in [9.17, 15) is 0 Å². The van der Waals surface area contributed by atoms with Gasteiger partial charge in [-0.05, 0) is 38.0 Å². The first-order chi connectivity index (χ1) is 8.52. The highest BCUT2D eigenvalue weighted by molar-refractivity contribution is 8.00. The van der Waals surface area contributed by atoms with Crippen molar-refractivity contribution >= 4 is 17.4 Å². The minimum atomic E-state index is 0.174. The van der Waals surface area contributed by atoms with Crippen LogP contribution in [0.5, 0.6) is 0 Å². The number of nitrogens with two attached hydrogens (primary N) is 1. The fraction of sp³-hybridized carbons (Fsp3) is 0.600. The van der Waals surface area contributed by atoms with Gasteiger partial charge in [0.15, 0.2) is 0 Å². The Labute approximate surface area is 115 Å². The maximum absolute atomic E-state index is 6.05. The van der Waals surface area contributed by atoms with Crippen molar-refractivity contribution in [1.29, 1.82) is 0 Å². The zero-order valence-electron chi connectivity index (χ0n) is 11.6. The third kappa shape index (κ3) is 3.21. The van der Waals surface area contributed by atoms with Crippen molar-refractivity contribution in [3.63, 3.8) is 0 Å². The summed E-state index contributed by atoms with van der Waals surface area (Å²) >= 11 is 2.07. The van der Waals surface area contributed by atoms with Crippen LogP contribution in [-0.4, -0.2) is 23.6 Å². The lowest BCUT2D eigenvalue weighted by Gasteiger charge is -2.39. The molecule has 0 aliphatic carbocycles. The number of benzene rings is 1. The molecule has 0 saturated carbocycles. The van der Waals surface area contributed by atoms with E-state index in [0.717, 1.165) is 19.5 Å². The Morgan fingerprint density at radius 2 is 2.00 bits per heavy atom. The number of thioether (sulfide) groups is 1. The first-order valence-corrected chi connectivity index (χ1v) is 7.75. The van der Waals surface area contributed by atoms with E-state index >= 15 is 0 Å².